The van der Waals surface area contributed by atoms with Gasteiger partial charge in [0.15, 0.2) is 0 Å². The summed E-state index contributed by atoms with van der Waals surface area (Å²) >= 11 is 0. The Balaban J connectivity index is 1.13. The first-order valence-corrected chi connectivity index (χ1v) is 19.4. The zero-order valence-electron chi connectivity index (χ0n) is 30.5. The third-order valence-electron chi connectivity index (χ3n) is 11.9. The van der Waals surface area contributed by atoms with E-state index in [-0.39, 0.29) is 0 Å². The molecule has 0 N–H and O–H groups in total. The van der Waals surface area contributed by atoms with Crippen LogP contribution in [0.15, 0.2) is 206 Å². The Kier molecular flexibility index (Phi) is 6.66. The summed E-state index contributed by atoms with van der Waals surface area (Å²) < 4.78 is 2.45. The van der Waals surface area contributed by atoms with Gasteiger partial charge in [-0.1, -0.05) is 152 Å². The summed E-state index contributed by atoms with van der Waals surface area (Å²) in [5.74, 6) is 0. The molecule has 0 spiro atoms. The molecule has 0 saturated carbocycles. The zero-order valence-corrected chi connectivity index (χ0v) is 30.5. The molecule has 0 amide bonds. The molecule has 1 heterocycles. The molecule has 1 aromatic heterocycles. The van der Waals surface area contributed by atoms with Crippen LogP contribution >= 0.6 is 0 Å². The normalized spacial score (nSPS) is 11.9. The van der Waals surface area contributed by atoms with Crippen molar-refractivity contribution in [1.29, 1.82) is 0 Å². The van der Waals surface area contributed by atoms with Crippen molar-refractivity contribution in [2.75, 3.05) is 4.90 Å². The van der Waals surface area contributed by atoms with Crippen LogP contribution in [-0.4, -0.2) is 4.57 Å². The van der Waals surface area contributed by atoms with E-state index in [9.17, 15) is 0 Å². The quantitative estimate of drug-likeness (QED) is 0.161. The van der Waals surface area contributed by atoms with Crippen molar-refractivity contribution in [3.05, 3.63) is 206 Å². The largest absolute Gasteiger partial charge is 0.309 e. The molecule has 0 aliphatic rings. The number of anilines is 3. The van der Waals surface area contributed by atoms with Gasteiger partial charge in [-0.15, -0.1) is 0 Å². The molecular formula is C54H34N2. The minimum absolute atomic E-state index is 1.13. The van der Waals surface area contributed by atoms with Gasteiger partial charge >= 0.3 is 0 Å². The molecule has 11 aromatic carbocycles. The number of rotatable bonds is 5. The first kappa shape index (κ1) is 31.0. The number of aromatic nitrogens is 1. The van der Waals surface area contributed by atoms with Crippen LogP contribution in [0.1, 0.15) is 0 Å². The Morgan fingerprint density at radius 3 is 1.80 bits per heavy atom. The molecule has 0 saturated heterocycles. The first-order valence-electron chi connectivity index (χ1n) is 19.4. The van der Waals surface area contributed by atoms with Crippen LogP contribution in [0.4, 0.5) is 17.1 Å². The maximum atomic E-state index is 2.45. The van der Waals surface area contributed by atoms with E-state index in [4.69, 9.17) is 0 Å². The summed E-state index contributed by atoms with van der Waals surface area (Å²) in [5.41, 5.74) is 9.45. The van der Waals surface area contributed by atoms with E-state index in [0.717, 1.165) is 22.7 Å². The molecule has 12 aromatic rings. The number of para-hydroxylation sites is 2. The summed E-state index contributed by atoms with van der Waals surface area (Å²) in [7, 11) is 0. The molecule has 0 unspecified atom stereocenters. The highest BCUT2D eigenvalue weighted by atomic mass is 15.1. The van der Waals surface area contributed by atoms with Crippen LogP contribution in [0.5, 0.6) is 0 Å². The molecular weight excluding hydrogens is 677 g/mol. The van der Waals surface area contributed by atoms with Gasteiger partial charge in [0.1, 0.15) is 0 Å². The number of hydrogen-bond acceptors (Lipinski definition) is 1. The Morgan fingerprint density at radius 2 is 0.946 bits per heavy atom. The average molecular weight is 711 g/mol. The van der Waals surface area contributed by atoms with Crippen molar-refractivity contribution in [3.8, 4) is 16.8 Å². The first-order chi connectivity index (χ1) is 27.8. The van der Waals surface area contributed by atoms with Gasteiger partial charge in [0.25, 0.3) is 0 Å². The second-order valence-electron chi connectivity index (χ2n) is 14.9. The van der Waals surface area contributed by atoms with E-state index in [0.29, 0.717) is 0 Å². The van der Waals surface area contributed by atoms with Crippen LogP contribution < -0.4 is 4.90 Å². The number of benzene rings is 11. The minimum Gasteiger partial charge on any atom is -0.309 e. The molecule has 0 aliphatic heterocycles. The standard InChI is InChI=1S/C54H34N2/c1-3-17-40(18-4-1)55(48-25-10-14-35-13-7-8-21-43(35)48)49-26-12-23-44-42(22-11-24-45(44)49)38-30-32-50-47(33-38)54-46-31-29-37-16-9-15-36-27-28-39(53(46)52(36)37)34-51(54)56(50)41-19-5-2-6-20-41/h1-34H. The smallest absolute Gasteiger partial charge is 0.0553 e. The fourth-order valence-corrected chi connectivity index (χ4v) is 9.47. The summed E-state index contributed by atoms with van der Waals surface area (Å²) in [4.78, 5) is 2.42. The highest BCUT2D eigenvalue weighted by Gasteiger charge is 2.21. The van der Waals surface area contributed by atoms with Gasteiger partial charge < -0.3 is 9.47 Å². The monoisotopic (exact) mass is 710 g/mol. The maximum absolute atomic E-state index is 2.45. The molecule has 0 bridgehead atoms. The van der Waals surface area contributed by atoms with E-state index in [1.165, 1.54) is 86.8 Å². The lowest BCUT2D eigenvalue weighted by Crippen LogP contribution is -2.11. The molecule has 56 heavy (non-hydrogen) atoms. The molecule has 12 rings (SSSR count). The maximum Gasteiger partial charge on any atom is 0.0553 e. The SMILES string of the molecule is c1ccc(N(c2cccc3ccccc23)c2cccc3c(-c4ccc5c(c4)c4c6ccc7cccc8ccc(cc4n5-c4ccccc4)c6c87)cccc23)cc1. The highest BCUT2D eigenvalue weighted by Crippen LogP contribution is 2.46. The van der Waals surface area contributed by atoms with Gasteiger partial charge in [-0.3, -0.25) is 0 Å². The van der Waals surface area contributed by atoms with Crippen LogP contribution in [-0.2, 0) is 0 Å². The van der Waals surface area contributed by atoms with Crippen molar-refractivity contribution in [2.24, 2.45) is 0 Å². The van der Waals surface area contributed by atoms with Crippen molar-refractivity contribution in [1.82, 2.24) is 4.57 Å². The highest BCUT2D eigenvalue weighted by molar-refractivity contribution is 6.33. The molecule has 0 aliphatic carbocycles. The van der Waals surface area contributed by atoms with Gasteiger partial charge in [-0.2, -0.15) is 0 Å². The second kappa shape index (κ2) is 12.0. The lowest BCUT2D eigenvalue weighted by molar-refractivity contribution is 1.18. The topological polar surface area (TPSA) is 8.17 Å². The van der Waals surface area contributed by atoms with Crippen LogP contribution in [0.3, 0.4) is 0 Å². The summed E-state index contributed by atoms with van der Waals surface area (Å²) in [6, 6.07) is 75.8. The van der Waals surface area contributed by atoms with Crippen LogP contribution in [0.2, 0.25) is 0 Å². The predicted octanol–water partition coefficient (Wildman–Crippen LogP) is 15.1. The Hall–Kier alpha value is -7.42. The lowest BCUT2D eigenvalue weighted by atomic mass is 9.91. The summed E-state index contributed by atoms with van der Waals surface area (Å²) in [5, 5.41) is 15.2. The van der Waals surface area contributed by atoms with Gasteiger partial charge in [-0.05, 0) is 109 Å². The van der Waals surface area contributed by atoms with Crippen LogP contribution in [0.25, 0.3) is 92.5 Å². The van der Waals surface area contributed by atoms with Crippen molar-refractivity contribution >= 4 is 92.7 Å². The average Bonchev–Trinajstić information content (AvgIpc) is 3.59. The zero-order chi connectivity index (χ0) is 36.7. The third-order valence-corrected chi connectivity index (χ3v) is 11.9. The van der Waals surface area contributed by atoms with E-state index in [2.05, 4.69) is 216 Å². The summed E-state index contributed by atoms with van der Waals surface area (Å²) in [6.45, 7) is 0. The Bertz CT molecular complexity index is 3450. The number of nitrogens with zero attached hydrogens (tertiary/aromatic N) is 2. The van der Waals surface area contributed by atoms with Gasteiger partial charge in [0.2, 0.25) is 0 Å². The van der Waals surface area contributed by atoms with Gasteiger partial charge in [0.05, 0.1) is 22.4 Å². The lowest BCUT2D eigenvalue weighted by Gasteiger charge is -2.28. The number of hydrogen-bond donors (Lipinski definition) is 0. The Morgan fingerprint density at radius 1 is 0.321 bits per heavy atom. The number of fused-ring (bicyclic) bond motifs is 6. The van der Waals surface area contributed by atoms with E-state index >= 15 is 0 Å². The predicted molar refractivity (Wildman–Crippen MR) is 240 cm³/mol. The Labute approximate surface area is 324 Å². The molecule has 0 radical (unpaired) electrons. The molecule has 0 fully saturated rings. The van der Waals surface area contributed by atoms with E-state index < -0.39 is 0 Å². The molecule has 2 nitrogen and oxygen atoms in total. The fraction of sp³-hybridized carbons (Fsp3) is 0. The van der Waals surface area contributed by atoms with Crippen molar-refractivity contribution in [3.63, 3.8) is 0 Å². The van der Waals surface area contributed by atoms with Crippen LogP contribution in [0, 0.1) is 0 Å². The van der Waals surface area contributed by atoms with Crippen molar-refractivity contribution < 1.29 is 0 Å². The van der Waals surface area contributed by atoms with E-state index in [1.807, 2.05) is 0 Å². The fourth-order valence-electron chi connectivity index (χ4n) is 9.47. The van der Waals surface area contributed by atoms with Gasteiger partial charge in [0, 0.05) is 32.9 Å². The van der Waals surface area contributed by atoms with Crippen molar-refractivity contribution in [2.45, 2.75) is 0 Å². The van der Waals surface area contributed by atoms with E-state index in [1.54, 1.807) is 0 Å². The second-order valence-corrected chi connectivity index (χ2v) is 14.9. The third kappa shape index (κ3) is 4.50. The molecule has 260 valence electrons. The summed E-state index contributed by atoms with van der Waals surface area (Å²) in [6.07, 6.45) is 0. The molecule has 0 atom stereocenters. The van der Waals surface area contributed by atoms with Gasteiger partial charge in [-0.25, -0.2) is 0 Å². The minimum atomic E-state index is 1.13. The molecule has 2 heteroatoms.